The number of benzene rings is 1. The Kier molecular flexibility index (Phi) is 6.34. The predicted molar refractivity (Wildman–Crippen MR) is 172 cm³/mol. The van der Waals surface area contributed by atoms with Gasteiger partial charge in [0, 0.05) is 42.5 Å². The average Bonchev–Trinajstić information content (AvgIpc) is 3.68. The zero-order valence-electron chi connectivity index (χ0n) is 26.1. The summed E-state index contributed by atoms with van der Waals surface area (Å²) in [7, 11) is 0. The lowest BCUT2D eigenvalue weighted by molar-refractivity contribution is 0.107. The minimum absolute atomic E-state index is 0.0412. The summed E-state index contributed by atoms with van der Waals surface area (Å²) in [5, 5.41) is 4.99. The van der Waals surface area contributed by atoms with Gasteiger partial charge in [-0.3, -0.25) is 4.90 Å². The van der Waals surface area contributed by atoms with Crippen LogP contribution in [0.5, 0.6) is 11.9 Å². The molecule has 0 radical (unpaired) electrons. The first-order valence-electron chi connectivity index (χ1n) is 16.6. The van der Waals surface area contributed by atoms with Crippen LogP contribution in [0, 0.1) is 5.82 Å². The fourth-order valence-electron chi connectivity index (χ4n) is 9.04. The van der Waals surface area contributed by atoms with Gasteiger partial charge in [-0.05, 0) is 63.3 Å². The van der Waals surface area contributed by atoms with E-state index in [0.29, 0.717) is 53.7 Å². The van der Waals surface area contributed by atoms with Crippen molar-refractivity contribution in [3.8, 4) is 23.1 Å². The standard InChI is InChI=1S/C34H38F2N8O2/c1-3-18-6-4-7-22-25(18)21(12-24(37)39-22)28-27(36)29-26-31(42-33(41-29)45-16-34-10-5-11-43(34)14-19(35)13-34)44-15-20-8-9-23(38-20)30(44)17(2)46-32(26)40-28/h4,6-7,12,17,19-20,23,30,38H,3,5,8-11,13-16H2,1-2H3,(H2,37,39)/t17-,19+,20+,23-,30+,34-/m0/s1. The van der Waals surface area contributed by atoms with Crippen LogP contribution in [0.2, 0.25) is 0 Å². The van der Waals surface area contributed by atoms with E-state index < -0.39 is 17.5 Å². The molecule has 3 aromatic heterocycles. The second kappa shape index (κ2) is 10.3. The summed E-state index contributed by atoms with van der Waals surface area (Å²) < 4.78 is 44.7. The first-order chi connectivity index (χ1) is 22.3. The highest BCUT2D eigenvalue weighted by Crippen LogP contribution is 2.46. The number of nitrogens with two attached hydrogens (primary N) is 1. The largest absolute Gasteiger partial charge is 0.472 e. The van der Waals surface area contributed by atoms with Crippen LogP contribution < -0.4 is 25.4 Å². The molecule has 0 amide bonds. The Morgan fingerprint density at radius 3 is 2.91 bits per heavy atom. The third-order valence-corrected chi connectivity index (χ3v) is 11.0. The van der Waals surface area contributed by atoms with Gasteiger partial charge in [0.2, 0.25) is 5.88 Å². The van der Waals surface area contributed by atoms with Gasteiger partial charge in [-0.25, -0.2) is 18.7 Å². The number of alkyl halides is 1. The Bertz CT molecular complexity index is 1890. The van der Waals surface area contributed by atoms with Crippen molar-refractivity contribution >= 4 is 33.4 Å². The molecule has 0 spiro atoms. The highest BCUT2D eigenvalue weighted by molar-refractivity contribution is 6.02. The first kappa shape index (κ1) is 28.3. The highest BCUT2D eigenvalue weighted by Gasteiger charge is 2.50. The molecule has 3 N–H and O–H groups in total. The maximum absolute atomic E-state index is 17.2. The molecule has 4 fully saturated rings. The third kappa shape index (κ3) is 4.18. The van der Waals surface area contributed by atoms with Crippen LogP contribution in [0.25, 0.3) is 33.1 Å². The number of fused-ring (bicyclic) bond motifs is 7. The van der Waals surface area contributed by atoms with Crippen LogP contribution in [0.15, 0.2) is 24.3 Å². The molecule has 0 aliphatic carbocycles. The van der Waals surface area contributed by atoms with Crippen molar-refractivity contribution in [2.75, 3.05) is 36.9 Å². The molecule has 0 unspecified atom stereocenters. The van der Waals surface area contributed by atoms with Crippen LogP contribution in [0.4, 0.5) is 20.4 Å². The van der Waals surface area contributed by atoms with Gasteiger partial charge in [-0.15, -0.1) is 0 Å². The minimum Gasteiger partial charge on any atom is -0.472 e. The van der Waals surface area contributed by atoms with Gasteiger partial charge in [0.05, 0.1) is 17.1 Å². The lowest BCUT2D eigenvalue weighted by atomic mass is 9.95. The summed E-state index contributed by atoms with van der Waals surface area (Å²) >= 11 is 0. The van der Waals surface area contributed by atoms with Gasteiger partial charge in [-0.2, -0.15) is 9.97 Å². The Morgan fingerprint density at radius 2 is 2.04 bits per heavy atom. The number of piperazine rings is 1. The van der Waals surface area contributed by atoms with E-state index in [1.165, 1.54) is 0 Å². The van der Waals surface area contributed by atoms with E-state index in [9.17, 15) is 4.39 Å². The van der Waals surface area contributed by atoms with Crippen molar-refractivity contribution < 1.29 is 18.3 Å². The summed E-state index contributed by atoms with van der Waals surface area (Å²) in [5.74, 6) is 0.541. The average molecular weight is 629 g/mol. The van der Waals surface area contributed by atoms with Gasteiger partial charge in [0.1, 0.15) is 47.1 Å². The molecule has 6 atom stereocenters. The Hall–Kier alpha value is -3.90. The van der Waals surface area contributed by atoms with Gasteiger partial charge >= 0.3 is 6.01 Å². The van der Waals surface area contributed by atoms with Gasteiger partial charge in [0.15, 0.2) is 5.82 Å². The first-order valence-corrected chi connectivity index (χ1v) is 16.6. The lowest BCUT2D eigenvalue weighted by Gasteiger charge is -2.42. The number of halogens is 2. The summed E-state index contributed by atoms with van der Waals surface area (Å²) in [4.78, 5) is 23.6. The van der Waals surface area contributed by atoms with Crippen LogP contribution in [0.1, 0.15) is 51.5 Å². The molecule has 46 heavy (non-hydrogen) atoms. The molecule has 1 aromatic carbocycles. The molecule has 9 rings (SSSR count). The van der Waals surface area contributed by atoms with Crippen LogP contribution >= 0.6 is 0 Å². The Balaban J connectivity index is 1.25. The molecule has 8 heterocycles. The van der Waals surface area contributed by atoms with E-state index in [4.69, 9.17) is 30.2 Å². The maximum atomic E-state index is 17.2. The summed E-state index contributed by atoms with van der Waals surface area (Å²) in [5.41, 5.74) is 8.29. The number of ether oxygens (including phenoxy) is 2. The molecule has 10 nitrogen and oxygen atoms in total. The molecule has 5 aliphatic rings. The molecule has 240 valence electrons. The Morgan fingerprint density at radius 1 is 1.15 bits per heavy atom. The van der Waals surface area contributed by atoms with Crippen LogP contribution in [-0.4, -0.2) is 87.0 Å². The molecule has 5 aliphatic heterocycles. The molecule has 2 bridgehead atoms. The van der Waals surface area contributed by atoms with Crippen molar-refractivity contribution in [1.82, 2.24) is 30.2 Å². The van der Waals surface area contributed by atoms with Gasteiger partial charge < -0.3 is 25.4 Å². The summed E-state index contributed by atoms with van der Waals surface area (Å²) in [6.07, 6.45) is 3.92. The zero-order valence-corrected chi connectivity index (χ0v) is 26.1. The number of hydrogen-bond donors (Lipinski definition) is 2. The number of pyridine rings is 2. The van der Waals surface area contributed by atoms with Crippen molar-refractivity contribution in [2.24, 2.45) is 0 Å². The van der Waals surface area contributed by atoms with E-state index in [-0.39, 0.29) is 47.8 Å². The summed E-state index contributed by atoms with van der Waals surface area (Å²) in [6.45, 7) is 6.32. The zero-order chi connectivity index (χ0) is 31.3. The fourth-order valence-corrected chi connectivity index (χ4v) is 9.04. The molecule has 12 heteroatoms. The smallest absolute Gasteiger partial charge is 0.319 e. The number of aromatic nitrogens is 4. The predicted octanol–water partition coefficient (Wildman–Crippen LogP) is 4.57. The molecule has 4 saturated heterocycles. The minimum atomic E-state index is -0.883. The van der Waals surface area contributed by atoms with E-state index in [2.05, 4.69) is 27.0 Å². The number of nitrogens with one attached hydrogen (secondary N) is 1. The molecule has 4 aromatic rings. The topological polar surface area (TPSA) is 115 Å². The lowest BCUT2D eigenvalue weighted by Crippen LogP contribution is -2.62. The second-order valence-electron chi connectivity index (χ2n) is 13.8. The SMILES string of the molecule is CCc1cccc2nc(N)cc(-c3nc4c5c(nc(OC[C@@]67CCCN6C[C@H](F)C7)nc5c3F)N3C[C@H]5CC[C@H](N5)[C@H]3[C@H](C)O4)c12. The fraction of sp³-hybridized carbons (Fsp3) is 0.529. The van der Waals surface area contributed by atoms with Gasteiger partial charge in [0.25, 0.3) is 0 Å². The quantitative estimate of drug-likeness (QED) is 0.326. The van der Waals surface area contributed by atoms with Crippen molar-refractivity contribution in [3.05, 3.63) is 35.6 Å². The number of nitrogen functional groups attached to an aromatic ring is 1. The number of nitrogens with zero attached hydrogens (tertiary/aromatic N) is 6. The van der Waals surface area contributed by atoms with E-state index in [1.54, 1.807) is 6.07 Å². The van der Waals surface area contributed by atoms with Crippen molar-refractivity contribution in [2.45, 2.75) is 88.3 Å². The monoisotopic (exact) mass is 628 g/mol. The number of aryl methyl sites for hydroxylation is 1. The highest BCUT2D eigenvalue weighted by atomic mass is 19.1. The molecule has 0 saturated carbocycles. The number of rotatable bonds is 5. The van der Waals surface area contributed by atoms with Crippen LogP contribution in [-0.2, 0) is 6.42 Å². The van der Waals surface area contributed by atoms with E-state index >= 15 is 4.39 Å². The van der Waals surface area contributed by atoms with Crippen molar-refractivity contribution in [3.63, 3.8) is 0 Å². The number of anilines is 2. The van der Waals surface area contributed by atoms with Crippen molar-refractivity contribution in [1.29, 1.82) is 0 Å². The van der Waals surface area contributed by atoms with E-state index in [0.717, 1.165) is 49.6 Å². The normalized spacial score (nSPS) is 30.0. The van der Waals surface area contributed by atoms with Crippen LogP contribution in [0.3, 0.4) is 0 Å². The third-order valence-electron chi connectivity index (χ3n) is 11.0. The molecular weight excluding hydrogens is 590 g/mol. The summed E-state index contributed by atoms with van der Waals surface area (Å²) in [6, 6.07) is 8.04. The second-order valence-corrected chi connectivity index (χ2v) is 13.8. The van der Waals surface area contributed by atoms with Gasteiger partial charge in [-0.1, -0.05) is 19.1 Å². The van der Waals surface area contributed by atoms with E-state index in [1.807, 2.05) is 25.1 Å². The molecular formula is C34H38F2N8O2. The Labute approximate surface area is 265 Å². The number of hydrogen-bond acceptors (Lipinski definition) is 10. The maximum Gasteiger partial charge on any atom is 0.319 e.